The molecule has 0 unspecified atom stereocenters. The Morgan fingerprint density at radius 3 is 2.00 bits per heavy atom. The van der Waals surface area contributed by atoms with Crippen LogP contribution in [-0.2, 0) is 17.6 Å². The van der Waals surface area contributed by atoms with Gasteiger partial charge in [0.2, 0.25) is 5.91 Å². The summed E-state index contributed by atoms with van der Waals surface area (Å²) in [5.41, 5.74) is 2.62. The Hall–Kier alpha value is -1.31. The van der Waals surface area contributed by atoms with E-state index in [1.165, 1.54) is 44.1 Å². The maximum atomic E-state index is 12.5. The standard InChI is InChI=1S/C20H27NO/c1-2-14-3-5-15(6-4-14)10-19(22)21-20-11-16-7-17(12-20)9-18(8-16)13-20/h3-6,16-18H,2,7-13H2,1H3,(H,21,22). The summed E-state index contributed by atoms with van der Waals surface area (Å²) in [4.78, 5) is 12.5. The van der Waals surface area contributed by atoms with Gasteiger partial charge in [0.1, 0.15) is 0 Å². The van der Waals surface area contributed by atoms with Crippen LogP contribution in [0.3, 0.4) is 0 Å². The fourth-order valence-corrected chi connectivity index (χ4v) is 5.68. The molecule has 2 nitrogen and oxygen atoms in total. The Kier molecular flexibility index (Phi) is 3.51. The first-order chi connectivity index (χ1) is 10.6. The summed E-state index contributed by atoms with van der Waals surface area (Å²) in [5.74, 6) is 2.88. The van der Waals surface area contributed by atoms with Crippen LogP contribution in [0.4, 0.5) is 0 Å². The maximum absolute atomic E-state index is 12.5. The van der Waals surface area contributed by atoms with Crippen molar-refractivity contribution < 1.29 is 4.79 Å². The number of aryl methyl sites for hydroxylation is 1. The molecule has 1 amide bonds. The summed E-state index contributed by atoms with van der Waals surface area (Å²) in [7, 11) is 0. The third-order valence-electron chi connectivity index (χ3n) is 6.24. The van der Waals surface area contributed by atoms with E-state index in [-0.39, 0.29) is 11.4 Å². The Bertz CT molecular complexity index is 524. The SMILES string of the molecule is CCc1ccc(CC(=O)NC23CC4CC(CC(C4)C2)C3)cc1. The molecule has 0 atom stereocenters. The Morgan fingerprint density at radius 2 is 1.50 bits per heavy atom. The van der Waals surface area contributed by atoms with Crippen LogP contribution in [0.1, 0.15) is 56.6 Å². The molecule has 0 aromatic heterocycles. The summed E-state index contributed by atoms with van der Waals surface area (Å²) in [6, 6.07) is 8.51. The first-order valence-corrected chi connectivity index (χ1v) is 9.03. The molecule has 1 aromatic carbocycles. The molecule has 1 N–H and O–H groups in total. The highest BCUT2D eigenvalue weighted by Crippen LogP contribution is 2.55. The van der Waals surface area contributed by atoms with Crippen LogP contribution < -0.4 is 5.32 Å². The van der Waals surface area contributed by atoms with Crippen molar-refractivity contribution in [3.63, 3.8) is 0 Å². The molecule has 4 aliphatic rings. The quantitative estimate of drug-likeness (QED) is 0.898. The molecule has 0 heterocycles. The van der Waals surface area contributed by atoms with E-state index in [1.807, 2.05) is 0 Å². The first kappa shape index (κ1) is 14.3. The second-order valence-electron chi connectivity index (χ2n) is 8.09. The summed E-state index contributed by atoms with van der Waals surface area (Å²) in [6.45, 7) is 2.16. The lowest BCUT2D eigenvalue weighted by atomic mass is 9.53. The number of nitrogens with one attached hydrogen (secondary N) is 1. The normalized spacial score (nSPS) is 35.6. The van der Waals surface area contributed by atoms with Crippen molar-refractivity contribution in [3.8, 4) is 0 Å². The van der Waals surface area contributed by atoms with Crippen LogP contribution in [0.25, 0.3) is 0 Å². The van der Waals surface area contributed by atoms with Gasteiger partial charge in [0.05, 0.1) is 6.42 Å². The van der Waals surface area contributed by atoms with Gasteiger partial charge in [-0.2, -0.15) is 0 Å². The van der Waals surface area contributed by atoms with E-state index < -0.39 is 0 Å². The monoisotopic (exact) mass is 297 g/mol. The lowest BCUT2D eigenvalue weighted by Gasteiger charge is -2.56. The van der Waals surface area contributed by atoms with E-state index in [0.29, 0.717) is 6.42 Å². The molecule has 0 radical (unpaired) electrons. The predicted octanol–water partition coefficient (Wildman–Crippen LogP) is 3.88. The maximum Gasteiger partial charge on any atom is 0.224 e. The number of amides is 1. The second-order valence-corrected chi connectivity index (χ2v) is 8.09. The topological polar surface area (TPSA) is 29.1 Å². The fraction of sp³-hybridized carbons (Fsp3) is 0.650. The van der Waals surface area contributed by atoms with Crippen molar-refractivity contribution >= 4 is 5.91 Å². The highest BCUT2D eigenvalue weighted by molar-refractivity contribution is 5.79. The first-order valence-electron chi connectivity index (χ1n) is 9.03. The van der Waals surface area contributed by atoms with Gasteiger partial charge >= 0.3 is 0 Å². The van der Waals surface area contributed by atoms with Crippen LogP contribution in [0.15, 0.2) is 24.3 Å². The molecular formula is C20H27NO. The molecule has 0 spiro atoms. The van der Waals surface area contributed by atoms with Crippen LogP contribution in [0.5, 0.6) is 0 Å². The molecule has 4 saturated carbocycles. The molecular weight excluding hydrogens is 270 g/mol. The van der Waals surface area contributed by atoms with Crippen molar-refractivity contribution in [2.24, 2.45) is 17.8 Å². The number of rotatable bonds is 4. The highest BCUT2D eigenvalue weighted by atomic mass is 16.1. The number of carbonyl (C=O) groups excluding carboxylic acids is 1. The van der Waals surface area contributed by atoms with Crippen LogP contribution in [0, 0.1) is 17.8 Å². The molecule has 4 fully saturated rings. The summed E-state index contributed by atoms with van der Waals surface area (Å²) >= 11 is 0. The van der Waals surface area contributed by atoms with Gasteiger partial charge in [0.25, 0.3) is 0 Å². The van der Waals surface area contributed by atoms with Gasteiger partial charge in [-0.05, 0) is 73.8 Å². The van der Waals surface area contributed by atoms with Crippen molar-refractivity contribution in [1.29, 1.82) is 0 Å². The van der Waals surface area contributed by atoms with E-state index in [0.717, 1.165) is 29.7 Å². The van der Waals surface area contributed by atoms with Crippen LogP contribution in [-0.4, -0.2) is 11.4 Å². The van der Waals surface area contributed by atoms with Gasteiger partial charge in [-0.3, -0.25) is 4.79 Å². The second kappa shape index (κ2) is 5.40. The third kappa shape index (κ3) is 2.68. The third-order valence-corrected chi connectivity index (χ3v) is 6.24. The minimum atomic E-state index is 0.148. The van der Waals surface area contributed by atoms with E-state index >= 15 is 0 Å². The van der Waals surface area contributed by atoms with E-state index in [4.69, 9.17) is 0 Å². The molecule has 4 aliphatic carbocycles. The minimum Gasteiger partial charge on any atom is -0.350 e. The molecule has 0 saturated heterocycles. The van der Waals surface area contributed by atoms with Gasteiger partial charge in [-0.15, -0.1) is 0 Å². The van der Waals surface area contributed by atoms with Gasteiger partial charge < -0.3 is 5.32 Å². The van der Waals surface area contributed by atoms with Crippen LogP contribution >= 0.6 is 0 Å². The van der Waals surface area contributed by atoms with E-state index in [9.17, 15) is 4.79 Å². The number of hydrogen-bond donors (Lipinski definition) is 1. The van der Waals surface area contributed by atoms with Crippen molar-refractivity contribution in [2.45, 2.75) is 63.8 Å². The molecule has 22 heavy (non-hydrogen) atoms. The smallest absolute Gasteiger partial charge is 0.224 e. The zero-order valence-electron chi connectivity index (χ0n) is 13.6. The molecule has 4 bridgehead atoms. The number of hydrogen-bond acceptors (Lipinski definition) is 1. The largest absolute Gasteiger partial charge is 0.350 e. The lowest BCUT2D eigenvalue weighted by Crippen LogP contribution is -2.60. The molecule has 118 valence electrons. The van der Waals surface area contributed by atoms with Gasteiger partial charge in [0, 0.05) is 5.54 Å². The summed E-state index contributed by atoms with van der Waals surface area (Å²) in [6.07, 6.45) is 9.57. The van der Waals surface area contributed by atoms with Gasteiger partial charge in [0.15, 0.2) is 0 Å². The lowest BCUT2D eigenvalue weighted by molar-refractivity contribution is -0.126. The van der Waals surface area contributed by atoms with Gasteiger partial charge in [-0.25, -0.2) is 0 Å². The minimum absolute atomic E-state index is 0.148. The van der Waals surface area contributed by atoms with Gasteiger partial charge in [-0.1, -0.05) is 31.2 Å². The zero-order chi connectivity index (χ0) is 15.2. The number of carbonyl (C=O) groups is 1. The highest BCUT2D eigenvalue weighted by Gasteiger charge is 2.51. The Morgan fingerprint density at radius 1 is 1.00 bits per heavy atom. The molecule has 5 rings (SSSR count). The number of benzene rings is 1. The van der Waals surface area contributed by atoms with E-state index in [2.05, 4.69) is 36.5 Å². The average Bonchev–Trinajstić information content (AvgIpc) is 2.45. The van der Waals surface area contributed by atoms with E-state index in [1.54, 1.807) is 0 Å². The fourth-order valence-electron chi connectivity index (χ4n) is 5.68. The zero-order valence-corrected chi connectivity index (χ0v) is 13.6. The molecule has 2 heteroatoms. The van der Waals surface area contributed by atoms with Crippen molar-refractivity contribution in [2.75, 3.05) is 0 Å². The summed E-state index contributed by atoms with van der Waals surface area (Å²) in [5, 5.41) is 3.46. The summed E-state index contributed by atoms with van der Waals surface area (Å²) < 4.78 is 0. The molecule has 0 aliphatic heterocycles. The Balaban J connectivity index is 1.41. The Labute approximate surface area is 133 Å². The predicted molar refractivity (Wildman–Crippen MR) is 88.6 cm³/mol. The molecule has 1 aromatic rings. The van der Waals surface area contributed by atoms with Crippen molar-refractivity contribution in [1.82, 2.24) is 5.32 Å². The van der Waals surface area contributed by atoms with Crippen molar-refractivity contribution in [3.05, 3.63) is 35.4 Å². The van der Waals surface area contributed by atoms with Crippen LogP contribution in [0.2, 0.25) is 0 Å². The average molecular weight is 297 g/mol.